The van der Waals surface area contributed by atoms with Crippen molar-refractivity contribution in [3.8, 4) is 0 Å². The predicted octanol–water partition coefficient (Wildman–Crippen LogP) is 0.950. The Morgan fingerprint density at radius 2 is 2.00 bits per heavy atom. The average molecular weight is 327 g/mol. The maximum absolute atomic E-state index is 12.8. The first-order chi connectivity index (χ1) is 10.8. The third-order valence-corrected chi connectivity index (χ3v) is 3.65. The van der Waals surface area contributed by atoms with Crippen LogP contribution in [0.1, 0.15) is 27.6 Å². The van der Waals surface area contributed by atoms with Crippen LogP contribution in [-0.2, 0) is 19.3 Å². The van der Waals surface area contributed by atoms with E-state index in [2.05, 4.69) is 15.2 Å². The number of H-pyrrole nitrogens is 1. The smallest absolute Gasteiger partial charge is 0.366 e. The van der Waals surface area contributed by atoms with E-state index in [0.29, 0.717) is 5.56 Å². The van der Waals surface area contributed by atoms with Crippen LogP contribution in [0.15, 0.2) is 17.2 Å². The number of fused-ring (bicyclic) bond motifs is 1. The van der Waals surface area contributed by atoms with Gasteiger partial charge in [-0.15, -0.1) is 10.2 Å². The molecule has 1 aliphatic rings. The van der Waals surface area contributed by atoms with Crippen molar-refractivity contribution in [3.63, 3.8) is 0 Å². The lowest BCUT2D eigenvalue weighted by molar-refractivity contribution is -0.147. The molecule has 0 saturated carbocycles. The molecule has 0 unspecified atom stereocenters. The van der Waals surface area contributed by atoms with Gasteiger partial charge in [0.05, 0.1) is 6.54 Å². The number of carbonyl (C=O) groups excluding carboxylic acids is 1. The third kappa shape index (κ3) is 2.60. The van der Waals surface area contributed by atoms with Crippen LogP contribution in [0, 0.1) is 6.92 Å². The quantitative estimate of drug-likeness (QED) is 0.845. The van der Waals surface area contributed by atoms with E-state index in [-0.39, 0.29) is 31.0 Å². The van der Waals surface area contributed by atoms with Crippen LogP contribution >= 0.6 is 0 Å². The van der Waals surface area contributed by atoms with Crippen molar-refractivity contribution >= 4 is 5.91 Å². The minimum absolute atomic E-state index is 0.0420. The van der Waals surface area contributed by atoms with Crippen molar-refractivity contribution in [1.82, 2.24) is 24.6 Å². The molecule has 7 nitrogen and oxygen atoms in total. The van der Waals surface area contributed by atoms with Gasteiger partial charge in [0.1, 0.15) is 5.56 Å². The van der Waals surface area contributed by atoms with E-state index >= 15 is 0 Å². The van der Waals surface area contributed by atoms with E-state index in [4.69, 9.17) is 0 Å². The summed E-state index contributed by atoms with van der Waals surface area (Å²) in [5, 5.41) is 6.65. The van der Waals surface area contributed by atoms with Crippen LogP contribution in [0.3, 0.4) is 0 Å². The number of hydrogen-bond donors (Lipinski definition) is 1. The van der Waals surface area contributed by atoms with Gasteiger partial charge in [-0.05, 0) is 6.92 Å². The largest absolute Gasteiger partial charge is 0.451 e. The molecule has 1 amide bonds. The van der Waals surface area contributed by atoms with Gasteiger partial charge < -0.3 is 14.5 Å². The van der Waals surface area contributed by atoms with E-state index in [1.54, 1.807) is 6.92 Å². The summed E-state index contributed by atoms with van der Waals surface area (Å²) in [6.07, 6.45) is -1.83. The first-order valence-electron chi connectivity index (χ1n) is 6.75. The molecule has 3 heterocycles. The van der Waals surface area contributed by atoms with Crippen molar-refractivity contribution in [3.05, 3.63) is 45.4 Å². The fraction of sp³-hybridized carbons (Fsp3) is 0.385. The second-order valence-corrected chi connectivity index (χ2v) is 5.20. The van der Waals surface area contributed by atoms with Crippen LogP contribution in [0.4, 0.5) is 13.2 Å². The molecule has 0 aromatic carbocycles. The maximum Gasteiger partial charge on any atom is 0.451 e. The fourth-order valence-corrected chi connectivity index (χ4v) is 2.46. The zero-order valence-electron chi connectivity index (χ0n) is 12.0. The lowest BCUT2D eigenvalue weighted by Gasteiger charge is -2.27. The Bertz CT molecular complexity index is 824. The van der Waals surface area contributed by atoms with Crippen LogP contribution in [0.25, 0.3) is 0 Å². The highest BCUT2D eigenvalue weighted by Crippen LogP contribution is 2.29. The summed E-state index contributed by atoms with van der Waals surface area (Å²) in [5.74, 6) is -1.58. The molecule has 0 radical (unpaired) electrons. The number of halogens is 3. The van der Waals surface area contributed by atoms with E-state index < -0.39 is 23.3 Å². The number of hydrogen-bond acceptors (Lipinski definition) is 4. The molecule has 0 spiro atoms. The highest BCUT2D eigenvalue weighted by Gasteiger charge is 2.40. The second kappa shape index (κ2) is 5.21. The molecule has 3 rings (SSSR count). The summed E-state index contributed by atoms with van der Waals surface area (Å²) < 4.78 is 39.3. The molecule has 23 heavy (non-hydrogen) atoms. The third-order valence-electron chi connectivity index (χ3n) is 3.65. The Labute approximate surface area is 127 Å². The summed E-state index contributed by atoms with van der Waals surface area (Å²) in [5.41, 5.74) is -0.0684. The van der Waals surface area contributed by atoms with Gasteiger partial charge in [-0.25, -0.2) is 0 Å². The van der Waals surface area contributed by atoms with Gasteiger partial charge in [-0.3, -0.25) is 9.59 Å². The Morgan fingerprint density at radius 1 is 1.26 bits per heavy atom. The van der Waals surface area contributed by atoms with Crippen molar-refractivity contribution in [2.24, 2.45) is 0 Å². The number of pyridine rings is 1. The second-order valence-electron chi connectivity index (χ2n) is 5.20. The molecule has 0 saturated heterocycles. The topological polar surface area (TPSA) is 83.9 Å². The number of aromatic nitrogens is 4. The molecule has 0 fully saturated rings. The van der Waals surface area contributed by atoms with E-state index in [1.165, 1.54) is 17.3 Å². The molecule has 0 atom stereocenters. The molecule has 0 aliphatic carbocycles. The first-order valence-corrected chi connectivity index (χ1v) is 6.75. The minimum Gasteiger partial charge on any atom is -0.366 e. The Kier molecular flexibility index (Phi) is 3.46. The van der Waals surface area contributed by atoms with Gasteiger partial charge in [0.25, 0.3) is 5.91 Å². The Balaban J connectivity index is 1.88. The number of rotatable bonds is 1. The van der Waals surface area contributed by atoms with Gasteiger partial charge >= 0.3 is 6.18 Å². The molecule has 122 valence electrons. The molecule has 1 N–H and O–H groups in total. The van der Waals surface area contributed by atoms with Crippen LogP contribution in [0.2, 0.25) is 0 Å². The molecule has 2 aromatic heterocycles. The van der Waals surface area contributed by atoms with Crippen molar-refractivity contribution in [1.29, 1.82) is 0 Å². The molecular formula is C13H12F3N5O2. The highest BCUT2D eigenvalue weighted by molar-refractivity contribution is 5.94. The molecular weight excluding hydrogens is 315 g/mol. The number of alkyl halides is 3. The number of carbonyl (C=O) groups is 1. The molecule has 0 bridgehead atoms. The lowest BCUT2D eigenvalue weighted by Crippen LogP contribution is -2.41. The number of nitrogens with one attached hydrogen (secondary N) is 1. The molecule has 10 heteroatoms. The van der Waals surface area contributed by atoms with Gasteiger partial charge in [0, 0.05) is 31.0 Å². The van der Waals surface area contributed by atoms with E-state index in [1.807, 2.05) is 0 Å². The minimum atomic E-state index is -4.59. The summed E-state index contributed by atoms with van der Waals surface area (Å²) >= 11 is 0. The summed E-state index contributed by atoms with van der Waals surface area (Å²) in [6, 6.07) is 0. The first kappa shape index (κ1) is 15.3. The number of aromatic amines is 1. The zero-order valence-corrected chi connectivity index (χ0v) is 12.0. The normalized spacial score (nSPS) is 14.7. The van der Waals surface area contributed by atoms with Crippen molar-refractivity contribution < 1.29 is 18.0 Å². The highest BCUT2D eigenvalue weighted by atomic mass is 19.4. The van der Waals surface area contributed by atoms with Crippen LogP contribution in [0.5, 0.6) is 0 Å². The SMILES string of the molecule is Cc1c[nH]cc(C(=O)N2CCn3c(nnc3C(F)(F)F)C2)c1=O. The average Bonchev–Trinajstić information content (AvgIpc) is 2.92. The summed E-state index contributed by atoms with van der Waals surface area (Å²) in [4.78, 5) is 28.4. The van der Waals surface area contributed by atoms with Gasteiger partial charge in [-0.1, -0.05) is 0 Å². The standard InChI is InChI=1S/C13H12F3N5O2/c1-7-4-17-5-8(10(7)22)11(23)20-2-3-21-9(6-20)18-19-12(21)13(14,15)16/h4-5H,2-3,6H2,1H3,(H,17,22). The number of aryl methyl sites for hydroxylation is 1. The van der Waals surface area contributed by atoms with Crippen molar-refractivity contribution in [2.45, 2.75) is 26.2 Å². The van der Waals surface area contributed by atoms with E-state index in [0.717, 1.165) is 4.57 Å². The zero-order chi connectivity index (χ0) is 16.8. The predicted molar refractivity (Wildman–Crippen MR) is 71.6 cm³/mol. The summed E-state index contributed by atoms with van der Waals surface area (Å²) in [7, 11) is 0. The van der Waals surface area contributed by atoms with Gasteiger partial charge in [-0.2, -0.15) is 13.2 Å². The monoisotopic (exact) mass is 327 g/mol. The Morgan fingerprint density at radius 3 is 2.70 bits per heavy atom. The van der Waals surface area contributed by atoms with Crippen molar-refractivity contribution in [2.75, 3.05) is 6.54 Å². The molecule has 2 aromatic rings. The summed E-state index contributed by atoms with van der Waals surface area (Å²) in [6.45, 7) is 1.40. The molecule has 1 aliphatic heterocycles. The van der Waals surface area contributed by atoms with Crippen LogP contribution in [-0.4, -0.2) is 37.1 Å². The Hall–Kier alpha value is -2.65. The van der Waals surface area contributed by atoms with Crippen LogP contribution < -0.4 is 5.43 Å². The number of amides is 1. The van der Waals surface area contributed by atoms with Gasteiger partial charge in [0.15, 0.2) is 11.3 Å². The fourth-order valence-electron chi connectivity index (χ4n) is 2.46. The maximum atomic E-state index is 12.8. The lowest BCUT2D eigenvalue weighted by atomic mass is 10.1. The number of nitrogens with zero attached hydrogens (tertiary/aromatic N) is 4. The van der Waals surface area contributed by atoms with Gasteiger partial charge in [0.2, 0.25) is 5.82 Å². The van der Waals surface area contributed by atoms with E-state index in [9.17, 15) is 22.8 Å².